The lowest BCUT2D eigenvalue weighted by Gasteiger charge is -2.34. The molecular weight excluding hydrogens is 348 g/mol. The number of amides is 1. The lowest BCUT2D eigenvalue weighted by Crippen LogP contribution is -2.43. The van der Waals surface area contributed by atoms with Gasteiger partial charge < -0.3 is 4.90 Å². The van der Waals surface area contributed by atoms with Crippen LogP contribution in [0.5, 0.6) is 0 Å². The summed E-state index contributed by atoms with van der Waals surface area (Å²) in [6, 6.07) is 6.81. The second-order valence-corrected chi connectivity index (χ2v) is 8.35. The summed E-state index contributed by atoms with van der Waals surface area (Å²) in [6.07, 6.45) is 12.4. The van der Waals surface area contributed by atoms with Crippen LogP contribution in [0.1, 0.15) is 38.1 Å². The van der Waals surface area contributed by atoms with E-state index in [1.54, 1.807) is 0 Å². The number of aryl methyl sites for hydroxylation is 1. The molecule has 0 spiro atoms. The number of rotatable bonds is 3. The molecule has 0 saturated heterocycles. The van der Waals surface area contributed by atoms with Crippen LogP contribution >= 0.6 is 0 Å². The Morgan fingerprint density at radius 2 is 1.86 bits per heavy atom. The van der Waals surface area contributed by atoms with Crippen LogP contribution in [0.4, 0.5) is 5.69 Å². The third kappa shape index (κ3) is 2.57. The van der Waals surface area contributed by atoms with Crippen LogP contribution in [0.15, 0.2) is 54.6 Å². The average Bonchev–Trinajstić information content (AvgIpc) is 3.51. The molecule has 1 fully saturated rings. The van der Waals surface area contributed by atoms with Crippen molar-refractivity contribution in [2.45, 2.75) is 45.1 Å². The highest BCUT2D eigenvalue weighted by Gasteiger charge is 2.47. The SMILES string of the molecule is Cc1ncc(-c2ccc3c(c2)N(C2=CC=CCN2C2CC2)C(=O)C3(C)C)cn1. The summed E-state index contributed by atoms with van der Waals surface area (Å²) in [4.78, 5) is 26.4. The Bertz CT molecular complexity index is 1020. The molecule has 0 radical (unpaired) electrons. The number of hydrogen-bond donors (Lipinski definition) is 0. The van der Waals surface area contributed by atoms with Gasteiger partial charge in [-0.1, -0.05) is 24.3 Å². The van der Waals surface area contributed by atoms with E-state index in [9.17, 15) is 4.79 Å². The van der Waals surface area contributed by atoms with Crippen molar-refractivity contribution in [2.75, 3.05) is 11.4 Å². The quantitative estimate of drug-likeness (QED) is 0.819. The van der Waals surface area contributed by atoms with Gasteiger partial charge in [-0.05, 0) is 56.9 Å². The van der Waals surface area contributed by atoms with Gasteiger partial charge in [-0.15, -0.1) is 0 Å². The van der Waals surface area contributed by atoms with Gasteiger partial charge in [0.05, 0.1) is 11.1 Å². The molecule has 3 heterocycles. The van der Waals surface area contributed by atoms with Crippen LogP contribution < -0.4 is 4.90 Å². The van der Waals surface area contributed by atoms with Crippen LogP contribution in [-0.4, -0.2) is 33.4 Å². The van der Waals surface area contributed by atoms with E-state index < -0.39 is 5.41 Å². The Morgan fingerprint density at radius 3 is 2.57 bits per heavy atom. The fraction of sp³-hybridized carbons (Fsp3) is 0.348. The predicted molar refractivity (Wildman–Crippen MR) is 110 cm³/mol. The number of nitrogens with zero attached hydrogens (tertiary/aromatic N) is 4. The second kappa shape index (κ2) is 6.03. The zero-order valence-corrected chi connectivity index (χ0v) is 16.5. The molecule has 2 aromatic rings. The standard InChI is InChI=1S/C23H24N4O/c1-15-24-13-17(14-25-15)16-7-10-19-20(12-16)27(22(28)23(19,2)3)21-6-4-5-11-26(21)18-8-9-18/h4-7,10,12-14,18H,8-9,11H2,1-3H3. The van der Waals surface area contributed by atoms with E-state index in [1.165, 1.54) is 12.8 Å². The molecule has 0 bridgehead atoms. The molecule has 3 aliphatic rings. The molecule has 142 valence electrons. The molecule has 0 atom stereocenters. The lowest BCUT2D eigenvalue weighted by atomic mass is 9.85. The normalized spacial score (nSPS) is 20.4. The highest BCUT2D eigenvalue weighted by atomic mass is 16.2. The first-order chi connectivity index (χ1) is 13.5. The van der Waals surface area contributed by atoms with E-state index in [4.69, 9.17) is 0 Å². The van der Waals surface area contributed by atoms with Gasteiger partial charge in [0.1, 0.15) is 11.6 Å². The van der Waals surface area contributed by atoms with Crippen molar-refractivity contribution in [1.82, 2.24) is 14.9 Å². The van der Waals surface area contributed by atoms with Gasteiger partial charge in [0.15, 0.2) is 0 Å². The first-order valence-electron chi connectivity index (χ1n) is 9.88. The largest absolute Gasteiger partial charge is 0.351 e. The highest BCUT2D eigenvalue weighted by Crippen LogP contribution is 2.46. The number of benzene rings is 1. The molecule has 1 aromatic heterocycles. The number of hydrogen-bond acceptors (Lipinski definition) is 4. The maximum atomic E-state index is 13.5. The maximum Gasteiger partial charge on any atom is 0.242 e. The molecule has 1 amide bonds. The molecule has 2 aliphatic heterocycles. The van der Waals surface area contributed by atoms with Crippen molar-refractivity contribution in [1.29, 1.82) is 0 Å². The third-order valence-electron chi connectivity index (χ3n) is 5.96. The van der Waals surface area contributed by atoms with Gasteiger partial charge in [-0.3, -0.25) is 9.69 Å². The maximum absolute atomic E-state index is 13.5. The number of anilines is 1. The summed E-state index contributed by atoms with van der Waals surface area (Å²) in [6.45, 7) is 6.78. The van der Waals surface area contributed by atoms with Crippen molar-refractivity contribution in [3.63, 3.8) is 0 Å². The van der Waals surface area contributed by atoms with Gasteiger partial charge in [0.25, 0.3) is 0 Å². The third-order valence-corrected chi connectivity index (χ3v) is 5.96. The van der Waals surface area contributed by atoms with Crippen molar-refractivity contribution >= 4 is 11.6 Å². The number of carbonyl (C=O) groups is 1. The van der Waals surface area contributed by atoms with E-state index >= 15 is 0 Å². The van der Waals surface area contributed by atoms with Crippen molar-refractivity contribution in [3.05, 3.63) is 66.0 Å². The van der Waals surface area contributed by atoms with Gasteiger partial charge in [0, 0.05) is 30.5 Å². The number of carbonyl (C=O) groups excluding carboxylic acids is 1. The van der Waals surface area contributed by atoms with Crippen LogP contribution in [0, 0.1) is 6.92 Å². The van der Waals surface area contributed by atoms with Crippen LogP contribution in [0.3, 0.4) is 0 Å². The van der Waals surface area contributed by atoms with Crippen molar-refractivity contribution in [3.8, 4) is 11.1 Å². The van der Waals surface area contributed by atoms with Crippen LogP contribution in [0.2, 0.25) is 0 Å². The Morgan fingerprint density at radius 1 is 1.11 bits per heavy atom. The minimum atomic E-state index is -0.547. The Kier molecular flexibility index (Phi) is 3.69. The fourth-order valence-electron chi connectivity index (χ4n) is 4.14. The molecule has 1 aliphatic carbocycles. The summed E-state index contributed by atoms with van der Waals surface area (Å²) in [7, 11) is 0. The molecule has 5 rings (SSSR count). The fourth-order valence-corrected chi connectivity index (χ4v) is 4.14. The zero-order valence-electron chi connectivity index (χ0n) is 16.5. The van der Waals surface area contributed by atoms with E-state index in [1.807, 2.05) is 38.1 Å². The second-order valence-electron chi connectivity index (χ2n) is 8.35. The Balaban J connectivity index is 1.63. The number of fused-ring (bicyclic) bond motifs is 1. The molecular formula is C23H24N4O. The number of aromatic nitrogens is 2. The van der Waals surface area contributed by atoms with E-state index in [0.29, 0.717) is 6.04 Å². The summed E-state index contributed by atoms with van der Waals surface area (Å²) in [5.41, 5.74) is 3.48. The average molecular weight is 372 g/mol. The van der Waals surface area contributed by atoms with Gasteiger partial charge in [-0.2, -0.15) is 0 Å². The Hall–Kier alpha value is -2.95. The molecule has 1 saturated carbocycles. The van der Waals surface area contributed by atoms with Gasteiger partial charge >= 0.3 is 0 Å². The minimum absolute atomic E-state index is 0.131. The predicted octanol–water partition coefficient (Wildman–Crippen LogP) is 3.95. The Labute approximate surface area is 165 Å². The van der Waals surface area contributed by atoms with E-state index in [0.717, 1.165) is 40.6 Å². The molecule has 0 unspecified atom stereocenters. The summed E-state index contributed by atoms with van der Waals surface area (Å²) >= 11 is 0. The topological polar surface area (TPSA) is 49.3 Å². The van der Waals surface area contributed by atoms with E-state index in [-0.39, 0.29) is 5.91 Å². The molecule has 0 N–H and O–H groups in total. The van der Waals surface area contributed by atoms with E-state index in [2.05, 4.69) is 51.3 Å². The first kappa shape index (κ1) is 17.2. The van der Waals surface area contributed by atoms with Gasteiger partial charge in [-0.25, -0.2) is 9.97 Å². The molecule has 5 nitrogen and oxygen atoms in total. The summed E-state index contributed by atoms with van der Waals surface area (Å²) < 4.78 is 0. The number of allylic oxidation sites excluding steroid dienone is 2. The molecule has 28 heavy (non-hydrogen) atoms. The smallest absolute Gasteiger partial charge is 0.242 e. The molecule has 5 heteroatoms. The van der Waals surface area contributed by atoms with Crippen LogP contribution in [0.25, 0.3) is 11.1 Å². The van der Waals surface area contributed by atoms with Crippen molar-refractivity contribution in [2.24, 2.45) is 0 Å². The van der Waals surface area contributed by atoms with Gasteiger partial charge in [0.2, 0.25) is 5.91 Å². The van der Waals surface area contributed by atoms with Crippen LogP contribution in [-0.2, 0) is 10.2 Å². The first-order valence-corrected chi connectivity index (χ1v) is 9.88. The highest BCUT2D eigenvalue weighted by molar-refractivity contribution is 6.10. The minimum Gasteiger partial charge on any atom is -0.351 e. The summed E-state index contributed by atoms with van der Waals surface area (Å²) in [5, 5.41) is 0. The monoisotopic (exact) mass is 372 g/mol. The summed E-state index contributed by atoms with van der Waals surface area (Å²) in [5.74, 6) is 1.88. The lowest BCUT2D eigenvalue weighted by molar-refractivity contribution is -0.121. The zero-order chi connectivity index (χ0) is 19.5. The molecule has 1 aromatic carbocycles. The van der Waals surface area contributed by atoms with Crippen molar-refractivity contribution < 1.29 is 4.79 Å².